The molecule has 0 amide bonds. The first-order chi connectivity index (χ1) is 7.27. The lowest BCUT2D eigenvalue weighted by Gasteiger charge is -2.22. The van der Waals surface area contributed by atoms with Crippen molar-refractivity contribution in [2.24, 2.45) is 5.73 Å². The normalized spacial score (nSPS) is 24.0. The fourth-order valence-corrected chi connectivity index (χ4v) is 4.39. The third-order valence-electron chi connectivity index (χ3n) is 2.50. The molecule has 0 spiro atoms. The van der Waals surface area contributed by atoms with Gasteiger partial charge in [0.25, 0.3) is 0 Å². The second kappa shape index (κ2) is 5.27. The molecule has 0 bridgehead atoms. The number of hydrogen-bond donors (Lipinski definition) is 1. The molecule has 2 rings (SSSR count). The van der Waals surface area contributed by atoms with Crippen LogP contribution >= 0.6 is 23.5 Å². The first-order valence-corrected chi connectivity index (χ1v) is 7.42. The minimum atomic E-state index is 0.0775. The maximum atomic E-state index is 5.89. The molecule has 15 heavy (non-hydrogen) atoms. The molecule has 1 aromatic rings. The van der Waals surface area contributed by atoms with Crippen LogP contribution in [0.25, 0.3) is 0 Å². The Balaban J connectivity index is 1.99. The van der Waals surface area contributed by atoms with Crippen LogP contribution in [0.2, 0.25) is 0 Å². The molecule has 1 aliphatic heterocycles. The van der Waals surface area contributed by atoms with Crippen LogP contribution in [0, 0.1) is 0 Å². The molecule has 5 heteroatoms. The van der Waals surface area contributed by atoms with Crippen LogP contribution in [-0.4, -0.2) is 32.1 Å². The highest BCUT2D eigenvalue weighted by molar-refractivity contribution is 8.06. The summed E-state index contributed by atoms with van der Waals surface area (Å²) < 4.78 is 2.20. The van der Waals surface area contributed by atoms with E-state index in [0.29, 0.717) is 0 Å². The van der Waals surface area contributed by atoms with E-state index in [0.717, 1.165) is 17.5 Å². The fraction of sp³-hybridized carbons (Fsp3) is 0.700. The van der Waals surface area contributed by atoms with Crippen molar-refractivity contribution in [2.75, 3.05) is 17.3 Å². The van der Waals surface area contributed by atoms with Crippen LogP contribution in [0.5, 0.6) is 0 Å². The molecule has 1 saturated heterocycles. The summed E-state index contributed by atoms with van der Waals surface area (Å²) >= 11 is 4.12. The van der Waals surface area contributed by atoms with E-state index >= 15 is 0 Å². The first-order valence-electron chi connectivity index (χ1n) is 5.22. The average Bonchev–Trinajstić information content (AvgIpc) is 2.67. The van der Waals surface area contributed by atoms with Crippen LogP contribution in [0.4, 0.5) is 0 Å². The Morgan fingerprint density at radius 2 is 2.53 bits per heavy atom. The number of nitrogens with two attached hydrogens (primary N) is 1. The highest BCUT2D eigenvalue weighted by atomic mass is 32.2. The topological polar surface area (TPSA) is 43.8 Å². The summed E-state index contributed by atoms with van der Waals surface area (Å²) in [5.74, 6) is 3.82. The lowest BCUT2D eigenvalue weighted by atomic mass is 10.2. The van der Waals surface area contributed by atoms with Crippen LogP contribution in [0.15, 0.2) is 12.5 Å². The van der Waals surface area contributed by atoms with Gasteiger partial charge in [0, 0.05) is 41.3 Å². The Hall–Kier alpha value is -0.130. The largest absolute Gasteiger partial charge is 0.332 e. The van der Waals surface area contributed by atoms with Crippen LogP contribution in [-0.2, 0) is 6.54 Å². The molecule has 1 aliphatic rings. The molecule has 3 nitrogen and oxygen atoms in total. The van der Waals surface area contributed by atoms with Crippen LogP contribution in [0.3, 0.4) is 0 Å². The molecule has 2 atom stereocenters. The lowest BCUT2D eigenvalue weighted by molar-refractivity contribution is 0.624. The van der Waals surface area contributed by atoms with E-state index in [4.69, 9.17) is 5.73 Å². The van der Waals surface area contributed by atoms with Gasteiger partial charge in [-0.05, 0) is 6.92 Å². The van der Waals surface area contributed by atoms with Gasteiger partial charge in [-0.25, -0.2) is 4.98 Å². The van der Waals surface area contributed by atoms with Crippen LogP contribution < -0.4 is 5.73 Å². The molecule has 1 unspecified atom stereocenters. The quantitative estimate of drug-likeness (QED) is 0.878. The predicted molar refractivity (Wildman–Crippen MR) is 68.4 cm³/mol. The van der Waals surface area contributed by atoms with Gasteiger partial charge in [0.05, 0.1) is 12.0 Å². The molecule has 1 aromatic heterocycles. The Morgan fingerprint density at radius 3 is 3.20 bits per heavy atom. The van der Waals surface area contributed by atoms with E-state index in [1.165, 1.54) is 17.3 Å². The molecular formula is C10H17N3S2. The number of imidazole rings is 1. The number of hydrogen-bond acceptors (Lipinski definition) is 4. The summed E-state index contributed by atoms with van der Waals surface area (Å²) in [5.41, 5.74) is 7.04. The van der Waals surface area contributed by atoms with Gasteiger partial charge in [0.2, 0.25) is 0 Å². The van der Waals surface area contributed by atoms with Crippen molar-refractivity contribution in [3.05, 3.63) is 18.2 Å². The van der Waals surface area contributed by atoms with Crippen LogP contribution in [0.1, 0.15) is 18.7 Å². The highest BCUT2D eigenvalue weighted by Gasteiger charge is 2.16. The molecule has 0 radical (unpaired) electrons. The van der Waals surface area contributed by atoms with Gasteiger partial charge in [0.15, 0.2) is 0 Å². The lowest BCUT2D eigenvalue weighted by Crippen LogP contribution is -2.22. The van der Waals surface area contributed by atoms with E-state index in [2.05, 4.69) is 33.1 Å². The molecule has 0 saturated carbocycles. The van der Waals surface area contributed by atoms with E-state index in [1.54, 1.807) is 0 Å². The molecule has 2 heterocycles. The maximum Gasteiger partial charge on any atom is 0.0949 e. The van der Waals surface area contributed by atoms with Crippen molar-refractivity contribution in [1.29, 1.82) is 0 Å². The Bertz CT molecular complexity index is 305. The standard InChI is InChI=1S/C10H17N3S2/c1-8(11)10-4-12-7-13(10)5-9-6-14-2-3-15-9/h4,7-9H,2-3,5-6,11H2,1H3/t8-,9?/m1/s1. The van der Waals surface area contributed by atoms with E-state index in [-0.39, 0.29) is 6.04 Å². The third-order valence-corrected chi connectivity index (χ3v) is 5.32. The monoisotopic (exact) mass is 243 g/mol. The van der Waals surface area contributed by atoms with Gasteiger partial charge in [-0.2, -0.15) is 23.5 Å². The van der Waals surface area contributed by atoms with Crippen molar-refractivity contribution in [2.45, 2.75) is 24.8 Å². The highest BCUT2D eigenvalue weighted by Crippen LogP contribution is 2.25. The summed E-state index contributed by atoms with van der Waals surface area (Å²) in [6, 6.07) is 0.0775. The van der Waals surface area contributed by atoms with Crippen molar-refractivity contribution in [1.82, 2.24) is 9.55 Å². The zero-order chi connectivity index (χ0) is 10.7. The summed E-state index contributed by atoms with van der Waals surface area (Å²) in [6.07, 6.45) is 3.78. The average molecular weight is 243 g/mol. The molecule has 84 valence electrons. The molecule has 0 aromatic carbocycles. The smallest absolute Gasteiger partial charge is 0.0949 e. The third kappa shape index (κ3) is 2.92. The maximum absolute atomic E-state index is 5.89. The minimum Gasteiger partial charge on any atom is -0.332 e. The van der Waals surface area contributed by atoms with Gasteiger partial charge in [0.1, 0.15) is 0 Å². The molecular weight excluding hydrogens is 226 g/mol. The zero-order valence-corrected chi connectivity index (χ0v) is 10.6. The summed E-state index contributed by atoms with van der Waals surface area (Å²) in [5, 5.41) is 0.718. The van der Waals surface area contributed by atoms with Gasteiger partial charge in [-0.15, -0.1) is 0 Å². The van der Waals surface area contributed by atoms with Crippen molar-refractivity contribution < 1.29 is 0 Å². The summed E-state index contributed by atoms with van der Waals surface area (Å²) in [7, 11) is 0. The van der Waals surface area contributed by atoms with Crippen molar-refractivity contribution >= 4 is 23.5 Å². The summed E-state index contributed by atoms with van der Waals surface area (Å²) in [4.78, 5) is 4.18. The van der Waals surface area contributed by atoms with Gasteiger partial charge in [-0.3, -0.25) is 0 Å². The molecule has 2 N–H and O–H groups in total. The Morgan fingerprint density at radius 1 is 1.67 bits per heavy atom. The Kier molecular flexibility index (Phi) is 3.99. The van der Waals surface area contributed by atoms with Crippen molar-refractivity contribution in [3.8, 4) is 0 Å². The fourth-order valence-electron chi connectivity index (χ4n) is 1.72. The number of thioether (sulfide) groups is 2. The zero-order valence-electron chi connectivity index (χ0n) is 8.93. The van der Waals surface area contributed by atoms with Gasteiger partial charge in [-0.1, -0.05) is 0 Å². The Labute approximate surface area is 99.2 Å². The minimum absolute atomic E-state index is 0.0775. The van der Waals surface area contributed by atoms with Gasteiger partial charge >= 0.3 is 0 Å². The number of rotatable bonds is 3. The van der Waals surface area contributed by atoms with E-state index < -0.39 is 0 Å². The predicted octanol–water partition coefficient (Wildman–Crippen LogP) is 1.75. The first kappa shape index (κ1) is 11.4. The second-order valence-electron chi connectivity index (χ2n) is 3.83. The second-order valence-corrected chi connectivity index (χ2v) is 6.39. The van der Waals surface area contributed by atoms with Crippen molar-refractivity contribution in [3.63, 3.8) is 0 Å². The van der Waals surface area contributed by atoms with E-state index in [1.807, 2.05) is 19.4 Å². The molecule has 1 fully saturated rings. The SMILES string of the molecule is C[C@@H](N)c1cncn1CC1CSCCS1. The molecule has 0 aliphatic carbocycles. The summed E-state index contributed by atoms with van der Waals surface area (Å²) in [6.45, 7) is 3.06. The van der Waals surface area contributed by atoms with Gasteiger partial charge < -0.3 is 10.3 Å². The van der Waals surface area contributed by atoms with E-state index in [9.17, 15) is 0 Å². The number of aromatic nitrogens is 2. The number of nitrogens with zero attached hydrogens (tertiary/aromatic N) is 2.